The maximum atomic E-state index is 11.1. The summed E-state index contributed by atoms with van der Waals surface area (Å²) in [4.78, 5) is 15.2. The van der Waals surface area contributed by atoms with Gasteiger partial charge in [-0.05, 0) is 36.1 Å². The van der Waals surface area contributed by atoms with Crippen molar-refractivity contribution in [3.05, 3.63) is 42.5 Å². The normalized spacial score (nSPS) is 11.3. The molecular weight excluding hydrogens is 296 g/mol. The number of hydrogen-bond donors (Lipinski definition) is 1. The zero-order valence-electron chi connectivity index (χ0n) is 13.7. The highest BCUT2D eigenvalue weighted by molar-refractivity contribution is 5.68. The maximum absolute atomic E-state index is 11.1. The van der Waals surface area contributed by atoms with E-state index in [1.807, 2.05) is 24.3 Å². The van der Waals surface area contributed by atoms with Crippen LogP contribution in [0.2, 0.25) is 0 Å². The summed E-state index contributed by atoms with van der Waals surface area (Å²) in [6.07, 6.45) is 3.31. The van der Waals surface area contributed by atoms with E-state index in [4.69, 9.17) is 14.6 Å². The summed E-state index contributed by atoms with van der Waals surface area (Å²) < 4.78 is 12.0. The van der Waals surface area contributed by atoms with Gasteiger partial charge in [0.2, 0.25) is 0 Å². The second-order valence-electron chi connectivity index (χ2n) is 6.11. The topological polar surface area (TPSA) is 73.6 Å². The minimum atomic E-state index is -1.01. The molecule has 1 N–H and O–H groups in total. The Kier molecular flexibility index (Phi) is 5.26. The number of benzene rings is 1. The molecule has 2 rings (SSSR count). The summed E-state index contributed by atoms with van der Waals surface area (Å²) >= 11 is 0. The molecule has 0 aliphatic carbocycles. The number of rotatable bonds is 7. The molecule has 0 saturated carbocycles. The molecule has 0 aliphatic heterocycles. The highest BCUT2D eigenvalue weighted by atomic mass is 16.5. The van der Waals surface area contributed by atoms with Crippen molar-refractivity contribution in [3.63, 3.8) is 0 Å². The van der Waals surface area contributed by atoms with Gasteiger partial charge in [0.25, 0.3) is 0 Å². The molecule has 1 heterocycles. The molecule has 1 aromatic carbocycles. The molecule has 6 nitrogen and oxygen atoms in total. The Morgan fingerprint density at radius 3 is 2.52 bits per heavy atom. The van der Waals surface area contributed by atoms with Crippen molar-refractivity contribution < 1.29 is 19.4 Å². The monoisotopic (exact) mass is 318 g/mol. The van der Waals surface area contributed by atoms with E-state index in [9.17, 15) is 4.79 Å². The maximum Gasteiger partial charge on any atom is 0.416 e. The van der Waals surface area contributed by atoms with E-state index in [2.05, 4.69) is 18.8 Å². The van der Waals surface area contributed by atoms with E-state index in [0.717, 1.165) is 22.5 Å². The van der Waals surface area contributed by atoms with Crippen LogP contribution in [0.15, 0.2) is 36.7 Å². The molecule has 0 bridgehead atoms. The molecule has 0 amide bonds. The van der Waals surface area contributed by atoms with Crippen LogP contribution in [-0.4, -0.2) is 34.5 Å². The van der Waals surface area contributed by atoms with Gasteiger partial charge in [0.1, 0.15) is 17.3 Å². The average Bonchev–Trinajstić information content (AvgIpc) is 2.95. The van der Waals surface area contributed by atoms with Gasteiger partial charge in [0.15, 0.2) is 0 Å². The number of methoxy groups -OCH3 is 1. The lowest BCUT2D eigenvalue weighted by Gasteiger charge is -2.24. The van der Waals surface area contributed by atoms with Crippen LogP contribution >= 0.6 is 0 Å². The molecule has 0 unspecified atom stereocenters. The molecule has 0 spiro atoms. The summed E-state index contributed by atoms with van der Waals surface area (Å²) in [7, 11) is 1.62. The summed E-state index contributed by atoms with van der Waals surface area (Å²) in [6.45, 7) is 4.70. The number of ether oxygens (including phenoxy) is 2. The van der Waals surface area contributed by atoms with Crippen LogP contribution in [0.5, 0.6) is 11.5 Å². The van der Waals surface area contributed by atoms with Crippen molar-refractivity contribution in [1.82, 2.24) is 9.55 Å². The third-order valence-electron chi connectivity index (χ3n) is 3.67. The smallest absolute Gasteiger partial charge is 0.416 e. The van der Waals surface area contributed by atoms with Gasteiger partial charge < -0.3 is 14.6 Å². The SMILES string of the molecule is COc1ccc(OCCC(C)(C)Cc2nccn2C(=O)O)cc1. The fourth-order valence-electron chi connectivity index (χ4n) is 2.27. The molecule has 0 radical (unpaired) electrons. The molecule has 0 atom stereocenters. The van der Waals surface area contributed by atoms with Gasteiger partial charge in [0.05, 0.1) is 13.7 Å². The molecule has 2 aromatic rings. The molecular formula is C17H22N2O4. The Balaban J connectivity index is 1.88. The Hall–Kier alpha value is -2.50. The van der Waals surface area contributed by atoms with E-state index >= 15 is 0 Å². The van der Waals surface area contributed by atoms with Crippen LogP contribution in [0, 0.1) is 5.41 Å². The van der Waals surface area contributed by atoms with Gasteiger partial charge in [-0.25, -0.2) is 14.3 Å². The van der Waals surface area contributed by atoms with Crippen LogP contribution in [0.25, 0.3) is 0 Å². The van der Waals surface area contributed by atoms with Gasteiger partial charge in [-0.1, -0.05) is 13.8 Å². The molecule has 124 valence electrons. The molecule has 0 fully saturated rings. The fourth-order valence-corrected chi connectivity index (χ4v) is 2.27. The predicted molar refractivity (Wildman–Crippen MR) is 86.2 cm³/mol. The van der Waals surface area contributed by atoms with E-state index in [-0.39, 0.29) is 5.41 Å². The Morgan fingerprint density at radius 1 is 1.26 bits per heavy atom. The van der Waals surface area contributed by atoms with E-state index in [0.29, 0.717) is 18.9 Å². The van der Waals surface area contributed by atoms with E-state index in [1.165, 1.54) is 12.4 Å². The fraction of sp³-hybridized carbons (Fsp3) is 0.412. The van der Waals surface area contributed by atoms with Gasteiger partial charge in [-0.3, -0.25) is 0 Å². The summed E-state index contributed by atoms with van der Waals surface area (Å²) in [5.74, 6) is 2.12. The Labute approximate surface area is 135 Å². The first-order chi connectivity index (χ1) is 10.9. The lowest BCUT2D eigenvalue weighted by Crippen LogP contribution is -2.22. The highest BCUT2D eigenvalue weighted by Gasteiger charge is 2.22. The van der Waals surface area contributed by atoms with Gasteiger partial charge >= 0.3 is 6.09 Å². The zero-order valence-corrected chi connectivity index (χ0v) is 13.7. The highest BCUT2D eigenvalue weighted by Crippen LogP contribution is 2.26. The van der Waals surface area contributed by atoms with Crippen molar-refractivity contribution in [3.8, 4) is 11.5 Å². The Morgan fingerprint density at radius 2 is 1.91 bits per heavy atom. The third kappa shape index (κ3) is 4.74. The lowest BCUT2D eigenvalue weighted by atomic mass is 9.85. The minimum Gasteiger partial charge on any atom is -0.497 e. The number of hydrogen-bond acceptors (Lipinski definition) is 4. The van der Waals surface area contributed by atoms with Crippen LogP contribution in [0.1, 0.15) is 26.1 Å². The number of imidazole rings is 1. The van der Waals surface area contributed by atoms with E-state index < -0.39 is 6.09 Å². The summed E-state index contributed by atoms with van der Waals surface area (Å²) in [5, 5.41) is 9.11. The quantitative estimate of drug-likeness (QED) is 0.846. The van der Waals surface area contributed by atoms with Gasteiger partial charge in [-0.15, -0.1) is 0 Å². The van der Waals surface area contributed by atoms with Gasteiger partial charge in [0, 0.05) is 18.8 Å². The largest absolute Gasteiger partial charge is 0.497 e. The number of nitrogens with zero attached hydrogens (tertiary/aromatic N) is 2. The van der Waals surface area contributed by atoms with Crippen molar-refractivity contribution in [2.24, 2.45) is 5.41 Å². The van der Waals surface area contributed by atoms with Gasteiger partial charge in [-0.2, -0.15) is 0 Å². The first-order valence-electron chi connectivity index (χ1n) is 7.44. The summed E-state index contributed by atoms with van der Waals surface area (Å²) in [5.41, 5.74) is -0.120. The first-order valence-corrected chi connectivity index (χ1v) is 7.44. The number of carbonyl (C=O) groups is 1. The lowest BCUT2D eigenvalue weighted by molar-refractivity contribution is 0.192. The molecule has 1 aromatic heterocycles. The van der Waals surface area contributed by atoms with Crippen LogP contribution < -0.4 is 9.47 Å². The van der Waals surface area contributed by atoms with Crippen LogP contribution in [0.4, 0.5) is 4.79 Å². The zero-order chi connectivity index (χ0) is 16.9. The summed E-state index contributed by atoms with van der Waals surface area (Å²) in [6, 6.07) is 7.43. The standard InChI is InChI=1S/C17H22N2O4/c1-17(2,12-15-18-9-10-19(15)16(20)21)8-11-23-14-6-4-13(22-3)5-7-14/h4-7,9-10H,8,11-12H2,1-3H3,(H,20,21). The number of aromatic nitrogens is 2. The minimum absolute atomic E-state index is 0.120. The van der Waals surface area contributed by atoms with Crippen molar-refractivity contribution in [2.75, 3.05) is 13.7 Å². The van der Waals surface area contributed by atoms with Crippen LogP contribution in [-0.2, 0) is 6.42 Å². The van der Waals surface area contributed by atoms with Crippen molar-refractivity contribution in [1.29, 1.82) is 0 Å². The second-order valence-corrected chi connectivity index (χ2v) is 6.11. The third-order valence-corrected chi connectivity index (χ3v) is 3.67. The molecule has 0 saturated heterocycles. The van der Waals surface area contributed by atoms with E-state index in [1.54, 1.807) is 7.11 Å². The average molecular weight is 318 g/mol. The molecule has 0 aliphatic rings. The molecule has 6 heteroatoms. The second kappa shape index (κ2) is 7.17. The number of carboxylic acid groups (broad SMARTS) is 1. The predicted octanol–water partition coefficient (Wildman–Crippen LogP) is 3.46. The first kappa shape index (κ1) is 16.9. The van der Waals surface area contributed by atoms with Crippen molar-refractivity contribution >= 4 is 6.09 Å². The molecule has 23 heavy (non-hydrogen) atoms. The van der Waals surface area contributed by atoms with Crippen LogP contribution in [0.3, 0.4) is 0 Å². The van der Waals surface area contributed by atoms with Crippen molar-refractivity contribution in [2.45, 2.75) is 26.7 Å². The Bertz CT molecular complexity index is 647.